The van der Waals surface area contributed by atoms with Crippen LogP contribution in [-0.4, -0.2) is 28.3 Å². The van der Waals surface area contributed by atoms with Crippen LogP contribution in [0.5, 0.6) is 0 Å². The van der Waals surface area contributed by atoms with Crippen molar-refractivity contribution in [2.45, 2.75) is 6.42 Å². The quantitative estimate of drug-likeness (QED) is 0.836. The molecule has 0 unspecified atom stereocenters. The number of nitrogens with zero attached hydrogens (tertiary/aromatic N) is 3. The zero-order valence-electron chi connectivity index (χ0n) is 8.65. The molecule has 5 heteroatoms. The molecule has 0 bridgehead atoms. The first-order chi connectivity index (χ1) is 7.83. The number of hydrogen-bond acceptors (Lipinski definition) is 3. The summed E-state index contributed by atoms with van der Waals surface area (Å²) in [5, 5.41) is 7.00. The number of aromatic nitrogens is 3. The molecule has 1 aromatic heterocycles. The Morgan fingerprint density at radius 3 is 2.56 bits per heavy atom. The van der Waals surface area contributed by atoms with E-state index in [1.165, 1.54) is 18.6 Å². The number of H-pyrrole nitrogens is 1. The summed E-state index contributed by atoms with van der Waals surface area (Å²) in [7, 11) is 0. The van der Waals surface area contributed by atoms with Gasteiger partial charge in [-0.05, 0) is 30.7 Å². The van der Waals surface area contributed by atoms with E-state index in [9.17, 15) is 4.39 Å². The van der Waals surface area contributed by atoms with Gasteiger partial charge < -0.3 is 4.90 Å². The van der Waals surface area contributed by atoms with Crippen LogP contribution in [0.25, 0.3) is 11.4 Å². The summed E-state index contributed by atoms with van der Waals surface area (Å²) in [6.07, 6.45) is 1.19. The van der Waals surface area contributed by atoms with E-state index in [4.69, 9.17) is 0 Å². The predicted octanol–water partition coefficient (Wildman–Crippen LogP) is 1.82. The molecule has 1 aromatic carbocycles. The molecule has 3 rings (SSSR count). The molecule has 0 saturated carbocycles. The van der Waals surface area contributed by atoms with Crippen molar-refractivity contribution in [2.24, 2.45) is 0 Å². The fraction of sp³-hybridized carbons (Fsp3) is 0.273. The van der Waals surface area contributed by atoms with Gasteiger partial charge in [-0.15, -0.1) is 5.10 Å². The summed E-state index contributed by atoms with van der Waals surface area (Å²) in [5.74, 6) is 1.17. The van der Waals surface area contributed by atoms with E-state index in [1.54, 1.807) is 12.1 Å². The standard InChI is InChI=1S/C11H11FN4/c12-9-4-2-8(3-5-9)10-13-11(15-14-10)16-6-1-7-16/h2-5H,1,6-7H2,(H,13,14,15). The highest BCUT2D eigenvalue weighted by Gasteiger charge is 2.18. The van der Waals surface area contributed by atoms with Crippen LogP contribution in [-0.2, 0) is 0 Å². The van der Waals surface area contributed by atoms with Crippen molar-refractivity contribution in [1.29, 1.82) is 0 Å². The maximum atomic E-state index is 12.7. The van der Waals surface area contributed by atoms with E-state index in [2.05, 4.69) is 20.1 Å². The number of benzene rings is 1. The Balaban J connectivity index is 1.88. The third kappa shape index (κ3) is 1.54. The Morgan fingerprint density at radius 1 is 1.19 bits per heavy atom. The normalized spacial score (nSPS) is 14.9. The number of aromatic amines is 1. The zero-order valence-corrected chi connectivity index (χ0v) is 8.65. The fourth-order valence-electron chi connectivity index (χ4n) is 1.65. The lowest BCUT2D eigenvalue weighted by molar-refractivity contribution is 0.601. The number of anilines is 1. The third-order valence-corrected chi connectivity index (χ3v) is 2.73. The van der Waals surface area contributed by atoms with Crippen molar-refractivity contribution in [2.75, 3.05) is 18.0 Å². The van der Waals surface area contributed by atoms with Crippen LogP contribution in [0.3, 0.4) is 0 Å². The van der Waals surface area contributed by atoms with Gasteiger partial charge in [0.2, 0.25) is 5.95 Å². The van der Waals surface area contributed by atoms with Crippen molar-refractivity contribution >= 4 is 5.95 Å². The largest absolute Gasteiger partial charge is 0.339 e. The maximum Gasteiger partial charge on any atom is 0.245 e. The Kier molecular flexibility index (Phi) is 2.09. The zero-order chi connectivity index (χ0) is 11.0. The minimum absolute atomic E-state index is 0.244. The van der Waals surface area contributed by atoms with E-state index >= 15 is 0 Å². The van der Waals surface area contributed by atoms with E-state index in [-0.39, 0.29) is 5.82 Å². The average molecular weight is 218 g/mol. The summed E-state index contributed by atoms with van der Waals surface area (Å²) >= 11 is 0. The van der Waals surface area contributed by atoms with Gasteiger partial charge >= 0.3 is 0 Å². The minimum atomic E-state index is -0.244. The van der Waals surface area contributed by atoms with Gasteiger partial charge in [0.15, 0.2) is 5.82 Å². The third-order valence-electron chi connectivity index (χ3n) is 2.73. The van der Waals surface area contributed by atoms with Crippen LogP contribution in [0.2, 0.25) is 0 Å². The molecule has 4 nitrogen and oxygen atoms in total. The second-order valence-corrected chi connectivity index (χ2v) is 3.83. The summed E-state index contributed by atoms with van der Waals surface area (Å²) in [6, 6.07) is 6.22. The number of halogens is 1. The molecule has 1 N–H and O–H groups in total. The lowest BCUT2D eigenvalue weighted by Gasteiger charge is -2.29. The van der Waals surface area contributed by atoms with E-state index < -0.39 is 0 Å². The van der Waals surface area contributed by atoms with Crippen LogP contribution < -0.4 is 4.90 Å². The molecular formula is C11H11FN4. The topological polar surface area (TPSA) is 44.8 Å². The fourth-order valence-corrected chi connectivity index (χ4v) is 1.65. The molecule has 0 amide bonds. The summed E-state index contributed by atoms with van der Waals surface area (Å²) < 4.78 is 12.7. The first-order valence-electron chi connectivity index (χ1n) is 5.26. The van der Waals surface area contributed by atoms with Crippen LogP contribution in [0.15, 0.2) is 24.3 Å². The molecule has 82 valence electrons. The van der Waals surface area contributed by atoms with E-state index in [0.717, 1.165) is 24.6 Å². The molecule has 0 aliphatic carbocycles. The Bertz CT molecular complexity index is 487. The monoisotopic (exact) mass is 218 g/mol. The van der Waals surface area contributed by atoms with Crippen molar-refractivity contribution in [3.05, 3.63) is 30.1 Å². The van der Waals surface area contributed by atoms with Gasteiger partial charge in [-0.3, -0.25) is 5.10 Å². The van der Waals surface area contributed by atoms with Crippen molar-refractivity contribution in [3.8, 4) is 11.4 Å². The average Bonchev–Trinajstić information content (AvgIpc) is 2.65. The highest BCUT2D eigenvalue weighted by atomic mass is 19.1. The minimum Gasteiger partial charge on any atom is -0.339 e. The Hall–Kier alpha value is -1.91. The molecule has 1 saturated heterocycles. The molecular weight excluding hydrogens is 207 g/mol. The van der Waals surface area contributed by atoms with Crippen molar-refractivity contribution < 1.29 is 4.39 Å². The maximum absolute atomic E-state index is 12.7. The smallest absolute Gasteiger partial charge is 0.245 e. The second-order valence-electron chi connectivity index (χ2n) is 3.83. The van der Waals surface area contributed by atoms with Gasteiger partial charge in [-0.2, -0.15) is 4.98 Å². The molecule has 1 fully saturated rings. The van der Waals surface area contributed by atoms with Crippen molar-refractivity contribution in [1.82, 2.24) is 15.2 Å². The van der Waals surface area contributed by atoms with E-state index in [1.807, 2.05) is 0 Å². The second kappa shape index (κ2) is 3.59. The first kappa shape index (κ1) is 9.33. The van der Waals surface area contributed by atoms with Crippen LogP contribution >= 0.6 is 0 Å². The molecule has 0 radical (unpaired) electrons. The summed E-state index contributed by atoms with van der Waals surface area (Å²) in [5.41, 5.74) is 0.848. The number of nitrogens with one attached hydrogen (secondary N) is 1. The lowest BCUT2D eigenvalue weighted by Crippen LogP contribution is -2.37. The SMILES string of the molecule is Fc1ccc(-c2nc(N3CCC3)n[nH]2)cc1. The van der Waals surface area contributed by atoms with Gasteiger partial charge in [0, 0.05) is 18.7 Å². The van der Waals surface area contributed by atoms with Gasteiger partial charge in [0.25, 0.3) is 0 Å². The highest BCUT2D eigenvalue weighted by molar-refractivity contribution is 5.56. The Labute approximate surface area is 92.1 Å². The van der Waals surface area contributed by atoms with Crippen LogP contribution in [0, 0.1) is 5.82 Å². The molecule has 0 spiro atoms. The van der Waals surface area contributed by atoms with Crippen LogP contribution in [0.1, 0.15) is 6.42 Å². The van der Waals surface area contributed by atoms with Crippen LogP contribution in [0.4, 0.5) is 10.3 Å². The predicted molar refractivity (Wildman–Crippen MR) is 58.6 cm³/mol. The summed E-state index contributed by atoms with van der Waals surface area (Å²) in [6.45, 7) is 2.03. The summed E-state index contributed by atoms with van der Waals surface area (Å²) in [4.78, 5) is 6.47. The number of rotatable bonds is 2. The number of hydrogen-bond donors (Lipinski definition) is 1. The van der Waals surface area contributed by atoms with Gasteiger partial charge in [-0.25, -0.2) is 4.39 Å². The van der Waals surface area contributed by atoms with E-state index in [0.29, 0.717) is 5.82 Å². The highest BCUT2D eigenvalue weighted by Crippen LogP contribution is 2.20. The lowest BCUT2D eigenvalue weighted by atomic mass is 10.2. The molecule has 0 atom stereocenters. The molecule has 1 aliphatic heterocycles. The molecule has 2 aromatic rings. The first-order valence-corrected chi connectivity index (χ1v) is 5.26. The molecule has 16 heavy (non-hydrogen) atoms. The van der Waals surface area contributed by atoms with Crippen molar-refractivity contribution in [3.63, 3.8) is 0 Å². The van der Waals surface area contributed by atoms with Gasteiger partial charge in [0.05, 0.1) is 0 Å². The Morgan fingerprint density at radius 2 is 1.94 bits per heavy atom. The molecule has 2 heterocycles. The van der Waals surface area contributed by atoms with Gasteiger partial charge in [-0.1, -0.05) is 0 Å². The van der Waals surface area contributed by atoms with Gasteiger partial charge in [0.1, 0.15) is 5.82 Å². The molecule has 1 aliphatic rings.